The molecule has 0 unspecified atom stereocenters. The standard InChI is InChI=1S/C82H67N5O.Pt/c1-55-49-78(83-53-67(55)58-41-43-59(44-42-58)80(2,3)4)87-74-48-45-60(81(5,6)7)50-71(74)82(68-35-17-19-37-72(68)86(61-29-15-10-16-30-61)73-38-20-18-36-69(73)82)70-47-46-64(52-77(70)87)88-63-32-23-31-62(51-63)84-54-85(76-40-22-21-39-75(76)84)79-65(56-25-11-8-12-26-56)33-24-34-66(79)57-27-13-9-14-28-57;/h8-53H,1-7H3;. The van der Waals surface area contributed by atoms with Crippen LogP contribution in [-0.4, -0.2) is 14.1 Å². The van der Waals surface area contributed by atoms with Crippen molar-refractivity contribution in [2.45, 2.75) is 64.7 Å². The Hall–Kier alpha value is -9.87. The minimum absolute atomic E-state index is 0.0446. The number of hydrogen-bond acceptors (Lipinski definition) is 4. The SMILES string of the molecule is Cc1cc(N2c3cc(Oc4cccc(-n5[c](=[Pt])n(-c6c(-c7ccccc7)cccc6-c6ccccc6)c6ccccc65)c4)ccc3C3(c4ccccc4N(c4ccccc4)c4ccccc43)c3cc(C(C)(C)C)ccc32)ncc1-c1ccc(C(C)(C)C)cc1. The van der Waals surface area contributed by atoms with Crippen molar-refractivity contribution in [2.24, 2.45) is 0 Å². The van der Waals surface area contributed by atoms with Crippen LogP contribution in [0.2, 0.25) is 0 Å². The van der Waals surface area contributed by atoms with Crippen molar-refractivity contribution in [1.29, 1.82) is 0 Å². The van der Waals surface area contributed by atoms with Crippen molar-refractivity contribution < 1.29 is 24.1 Å². The van der Waals surface area contributed by atoms with Crippen LogP contribution in [-0.2, 0) is 35.6 Å². The molecule has 0 aliphatic carbocycles. The normalized spacial score (nSPS) is 13.2. The quantitative estimate of drug-likeness (QED) is 0.144. The molecule has 6 nitrogen and oxygen atoms in total. The average Bonchev–Trinajstić information content (AvgIpc) is 1.48. The van der Waals surface area contributed by atoms with Crippen LogP contribution in [0.1, 0.15) is 80.5 Å². The summed E-state index contributed by atoms with van der Waals surface area (Å²) in [5.74, 6) is 2.25. The molecule has 7 heteroatoms. The van der Waals surface area contributed by atoms with E-state index >= 15 is 0 Å². The topological polar surface area (TPSA) is 38.5 Å². The zero-order chi connectivity index (χ0) is 60.8. The summed E-state index contributed by atoms with van der Waals surface area (Å²) in [5, 5.41) is 0. The molecule has 0 amide bonds. The van der Waals surface area contributed by atoms with Crippen LogP contribution in [0.5, 0.6) is 11.5 Å². The van der Waals surface area contributed by atoms with Gasteiger partial charge in [0.15, 0.2) is 0 Å². The first-order chi connectivity index (χ1) is 43.3. The molecule has 0 atom stereocenters. The van der Waals surface area contributed by atoms with Crippen LogP contribution in [0.3, 0.4) is 0 Å². The van der Waals surface area contributed by atoms with Gasteiger partial charge in [0.1, 0.15) is 0 Å². The number of aromatic nitrogens is 3. The third-order valence-corrected chi connectivity index (χ3v) is 19.1. The van der Waals surface area contributed by atoms with Gasteiger partial charge in [-0.3, -0.25) is 0 Å². The minimum Gasteiger partial charge on any atom is -0.0579 e. The Morgan fingerprint density at radius 3 is 1.51 bits per heavy atom. The van der Waals surface area contributed by atoms with Gasteiger partial charge >= 0.3 is 306 Å². The van der Waals surface area contributed by atoms with E-state index in [9.17, 15) is 0 Å². The first-order valence-electron chi connectivity index (χ1n) is 30.7. The molecule has 2 aliphatic rings. The summed E-state index contributed by atoms with van der Waals surface area (Å²) in [5.41, 5.74) is 24.1. The van der Waals surface area contributed by atoms with Crippen molar-refractivity contribution in [3.05, 3.63) is 322 Å². The smallest absolute Gasteiger partial charge is 0.0579 e. The molecule has 11 aromatic carbocycles. The van der Waals surface area contributed by atoms with Crippen LogP contribution in [0.15, 0.2) is 279 Å². The fourth-order valence-corrected chi connectivity index (χ4v) is 14.9. The fraction of sp³-hybridized carbons (Fsp3) is 0.122. The Bertz CT molecular complexity index is 4830. The maximum atomic E-state index is 7.29. The molecule has 0 N–H and O–H groups in total. The zero-order valence-corrected chi connectivity index (χ0v) is 53.3. The Morgan fingerprint density at radius 1 is 0.382 bits per heavy atom. The zero-order valence-electron chi connectivity index (χ0n) is 51.0. The third kappa shape index (κ3) is 9.34. The molecule has 89 heavy (non-hydrogen) atoms. The number of para-hydroxylation sites is 6. The van der Waals surface area contributed by atoms with Gasteiger partial charge in [0.25, 0.3) is 0 Å². The molecule has 1 spiro atoms. The van der Waals surface area contributed by atoms with Crippen molar-refractivity contribution in [3.63, 3.8) is 0 Å². The Kier molecular flexibility index (Phi) is 13.6. The van der Waals surface area contributed by atoms with E-state index in [4.69, 9.17) is 9.72 Å². The number of benzene rings is 11. The predicted octanol–water partition coefficient (Wildman–Crippen LogP) is 21.5. The van der Waals surface area contributed by atoms with E-state index < -0.39 is 5.41 Å². The first-order valence-corrected chi connectivity index (χ1v) is 31.8. The molecule has 0 saturated heterocycles. The summed E-state index contributed by atoms with van der Waals surface area (Å²) in [6.45, 7) is 16.0. The van der Waals surface area contributed by atoms with Crippen LogP contribution < -0.4 is 14.5 Å². The summed E-state index contributed by atoms with van der Waals surface area (Å²) in [4.78, 5) is 10.3. The van der Waals surface area contributed by atoms with Crippen molar-refractivity contribution >= 4 is 45.3 Å². The van der Waals surface area contributed by atoms with E-state index in [-0.39, 0.29) is 10.8 Å². The molecule has 0 saturated carbocycles. The second kappa shape index (κ2) is 21.8. The van der Waals surface area contributed by atoms with Gasteiger partial charge in [-0.1, -0.05) is 133 Å². The molecule has 2 aliphatic heterocycles. The van der Waals surface area contributed by atoms with E-state index in [0.717, 1.165) is 105 Å². The van der Waals surface area contributed by atoms with E-state index in [1.807, 2.05) is 0 Å². The van der Waals surface area contributed by atoms with Gasteiger partial charge in [-0.25, -0.2) is 0 Å². The second-order valence-electron chi connectivity index (χ2n) is 25.6. The number of nitrogens with zero attached hydrogens (tertiary/aromatic N) is 5. The summed E-state index contributed by atoms with van der Waals surface area (Å²) >= 11 is 2.53. The number of ether oxygens (including phenoxy) is 1. The molecular formula is C82H67N5OPt. The van der Waals surface area contributed by atoms with Gasteiger partial charge in [0, 0.05) is 17.4 Å². The number of rotatable bonds is 9. The third-order valence-electron chi connectivity index (χ3n) is 18.1. The summed E-state index contributed by atoms with van der Waals surface area (Å²) in [6, 6.07) is 99.4. The predicted molar refractivity (Wildman–Crippen MR) is 363 cm³/mol. The maximum absolute atomic E-state index is 7.29. The number of anilines is 6. The molecule has 0 fully saturated rings. The van der Waals surface area contributed by atoms with E-state index in [0.29, 0.717) is 11.5 Å². The Labute approximate surface area is 532 Å². The summed E-state index contributed by atoms with van der Waals surface area (Å²) in [6.07, 6.45) is 2.07. The molecule has 15 rings (SSSR count). The molecular weight excluding hydrogens is 1270 g/mol. The average molecular weight is 1330 g/mol. The first kappa shape index (κ1) is 55.7. The van der Waals surface area contributed by atoms with Crippen LogP contribution in [0.25, 0.3) is 55.8 Å². The molecule has 4 heterocycles. The monoisotopic (exact) mass is 1330 g/mol. The van der Waals surface area contributed by atoms with E-state index in [2.05, 4.69) is 366 Å². The molecule has 13 aromatic rings. The minimum atomic E-state index is -0.787. The van der Waals surface area contributed by atoms with Gasteiger partial charge < -0.3 is 4.90 Å². The van der Waals surface area contributed by atoms with Gasteiger partial charge in [-0.2, -0.15) is 0 Å². The van der Waals surface area contributed by atoms with Crippen LogP contribution in [0.4, 0.5) is 34.3 Å². The Balaban J connectivity index is 0.925. The summed E-state index contributed by atoms with van der Waals surface area (Å²) in [7, 11) is 0. The summed E-state index contributed by atoms with van der Waals surface area (Å²) < 4.78 is 13.1. The molecule has 0 radical (unpaired) electrons. The van der Waals surface area contributed by atoms with E-state index in [1.54, 1.807) is 0 Å². The number of imidazole rings is 1. The van der Waals surface area contributed by atoms with Gasteiger partial charge in [0.05, 0.1) is 11.4 Å². The second-order valence-corrected chi connectivity index (χ2v) is 26.6. The number of hydrogen-bond donors (Lipinski definition) is 0. The molecule has 0 bridgehead atoms. The van der Waals surface area contributed by atoms with Crippen molar-refractivity contribution in [1.82, 2.24) is 14.1 Å². The number of fused-ring (bicyclic) bond motifs is 9. The fourth-order valence-electron chi connectivity index (χ4n) is 13.8. The van der Waals surface area contributed by atoms with Gasteiger partial charge in [-0.15, -0.1) is 0 Å². The number of pyridine rings is 1. The van der Waals surface area contributed by atoms with E-state index in [1.165, 1.54) is 27.8 Å². The van der Waals surface area contributed by atoms with Crippen LogP contribution in [0, 0.1) is 10.7 Å². The van der Waals surface area contributed by atoms with Crippen molar-refractivity contribution in [2.75, 3.05) is 9.80 Å². The Morgan fingerprint density at radius 2 is 0.888 bits per heavy atom. The number of aryl methyl sites for hydroxylation is 1. The molecule has 2 aromatic heterocycles. The van der Waals surface area contributed by atoms with Gasteiger partial charge in [-0.05, 0) is 64.3 Å². The van der Waals surface area contributed by atoms with Crippen molar-refractivity contribution in [3.8, 4) is 56.3 Å². The molecule has 436 valence electrons. The van der Waals surface area contributed by atoms with Crippen LogP contribution >= 0.6 is 0 Å². The van der Waals surface area contributed by atoms with Gasteiger partial charge in [0.2, 0.25) is 0 Å².